The van der Waals surface area contributed by atoms with Gasteiger partial charge in [-0.2, -0.15) is 0 Å². The monoisotopic (exact) mass is 327 g/mol. The van der Waals surface area contributed by atoms with Crippen LogP contribution in [0, 0.1) is 5.82 Å². The van der Waals surface area contributed by atoms with Gasteiger partial charge in [-0.3, -0.25) is 0 Å². The number of para-hydroxylation sites is 1. The van der Waals surface area contributed by atoms with Crippen LogP contribution in [0.4, 0.5) is 4.39 Å². The molecule has 1 saturated carbocycles. The van der Waals surface area contributed by atoms with Gasteiger partial charge in [0, 0.05) is 30.1 Å². The zero-order valence-electron chi connectivity index (χ0n) is 13.6. The van der Waals surface area contributed by atoms with E-state index >= 15 is 0 Å². The summed E-state index contributed by atoms with van der Waals surface area (Å²) in [4.78, 5) is 0. The SMILES string of the molecule is OCc1cc(CNC2CC3(CCC3)Oc3ccccc32)ccc1F. The number of fused-ring (bicyclic) bond motifs is 1. The number of aliphatic hydroxyl groups excluding tert-OH is 1. The highest BCUT2D eigenvalue weighted by Crippen LogP contribution is 2.48. The van der Waals surface area contributed by atoms with E-state index in [9.17, 15) is 9.50 Å². The number of nitrogens with one attached hydrogen (secondary N) is 1. The van der Waals surface area contributed by atoms with E-state index in [2.05, 4.69) is 11.4 Å². The number of benzene rings is 2. The average Bonchev–Trinajstić information content (AvgIpc) is 2.59. The van der Waals surface area contributed by atoms with E-state index in [-0.39, 0.29) is 24.1 Å². The molecule has 2 aliphatic rings. The van der Waals surface area contributed by atoms with Crippen molar-refractivity contribution < 1.29 is 14.2 Å². The zero-order chi connectivity index (χ0) is 16.6. The van der Waals surface area contributed by atoms with E-state index in [1.165, 1.54) is 18.1 Å². The molecule has 2 aromatic rings. The Kier molecular flexibility index (Phi) is 4.02. The van der Waals surface area contributed by atoms with Gasteiger partial charge in [0.25, 0.3) is 0 Å². The van der Waals surface area contributed by atoms with Crippen molar-refractivity contribution in [2.75, 3.05) is 0 Å². The average molecular weight is 327 g/mol. The van der Waals surface area contributed by atoms with Gasteiger partial charge in [0.1, 0.15) is 17.2 Å². The van der Waals surface area contributed by atoms with Gasteiger partial charge in [0.05, 0.1) is 6.61 Å². The van der Waals surface area contributed by atoms with Gasteiger partial charge >= 0.3 is 0 Å². The summed E-state index contributed by atoms with van der Waals surface area (Å²) in [5, 5.41) is 12.8. The van der Waals surface area contributed by atoms with Gasteiger partial charge in [-0.15, -0.1) is 0 Å². The maximum Gasteiger partial charge on any atom is 0.128 e. The maximum atomic E-state index is 13.5. The molecule has 1 unspecified atom stereocenters. The van der Waals surface area contributed by atoms with Gasteiger partial charge in [-0.25, -0.2) is 4.39 Å². The molecule has 0 saturated heterocycles. The van der Waals surface area contributed by atoms with Crippen molar-refractivity contribution >= 4 is 0 Å². The Morgan fingerprint density at radius 3 is 2.79 bits per heavy atom. The molecule has 0 bridgehead atoms. The smallest absolute Gasteiger partial charge is 0.128 e. The van der Waals surface area contributed by atoms with Crippen LogP contribution in [0.2, 0.25) is 0 Å². The molecule has 0 aromatic heterocycles. The second-order valence-corrected chi connectivity index (χ2v) is 6.90. The van der Waals surface area contributed by atoms with Crippen LogP contribution < -0.4 is 10.1 Å². The lowest BCUT2D eigenvalue weighted by Gasteiger charge is -2.48. The Morgan fingerprint density at radius 1 is 1.21 bits per heavy atom. The number of aliphatic hydroxyl groups is 1. The van der Waals surface area contributed by atoms with Crippen molar-refractivity contribution in [2.24, 2.45) is 0 Å². The van der Waals surface area contributed by atoms with E-state index in [0.717, 1.165) is 30.6 Å². The van der Waals surface area contributed by atoms with Gasteiger partial charge in [0.2, 0.25) is 0 Å². The topological polar surface area (TPSA) is 41.5 Å². The van der Waals surface area contributed by atoms with E-state index in [1.54, 1.807) is 12.1 Å². The van der Waals surface area contributed by atoms with E-state index in [4.69, 9.17) is 4.74 Å². The molecule has 1 aliphatic heterocycles. The summed E-state index contributed by atoms with van der Waals surface area (Å²) in [5.74, 6) is 0.627. The van der Waals surface area contributed by atoms with Crippen LogP contribution in [0.5, 0.6) is 5.75 Å². The molecule has 0 amide bonds. The fourth-order valence-electron chi connectivity index (χ4n) is 3.78. The van der Waals surface area contributed by atoms with E-state index in [0.29, 0.717) is 12.1 Å². The summed E-state index contributed by atoms with van der Waals surface area (Å²) in [7, 11) is 0. The van der Waals surface area contributed by atoms with Crippen LogP contribution in [0.1, 0.15) is 48.4 Å². The minimum absolute atomic E-state index is 0.00885. The first-order valence-corrected chi connectivity index (χ1v) is 8.59. The lowest BCUT2D eigenvalue weighted by atomic mass is 9.73. The summed E-state index contributed by atoms with van der Waals surface area (Å²) >= 11 is 0. The predicted molar refractivity (Wildman–Crippen MR) is 90.2 cm³/mol. The third kappa shape index (κ3) is 2.80. The second-order valence-electron chi connectivity index (χ2n) is 6.90. The molecule has 4 rings (SSSR count). The number of hydrogen-bond acceptors (Lipinski definition) is 3. The van der Waals surface area contributed by atoms with Crippen LogP contribution >= 0.6 is 0 Å². The Balaban J connectivity index is 1.53. The summed E-state index contributed by atoms with van der Waals surface area (Å²) in [5.41, 5.74) is 2.51. The largest absolute Gasteiger partial charge is 0.487 e. The molecule has 2 aromatic carbocycles. The highest BCUT2D eigenvalue weighted by atomic mass is 19.1. The molecule has 3 nitrogen and oxygen atoms in total. The van der Waals surface area contributed by atoms with Crippen molar-refractivity contribution in [3.8, 4) is 5.75 Å². The second kappa shape index (κ2) is 6.19. The fraction of sp³-hybridized carbons (Fsp3) is 0.400. The lowest BCUT2D eigenvalue weighted by Crippen LogP contribution is -2.49. The Hall–Kier alpha value is -1.91. The van der Waals surface area contributed by atoms with E-state index in [1.807, 2.05) is 18.2 Å². The first kappa shape index (κ1) is 15.6. The maximum absolute atomic E-state index is 13.5. The molecule has 1 atom stereocenters. The molecule has 24 heavy (non-hydrogen) atoms. The van der Waals surface area contributed by atoms with Gasteiger partial charge < -0.3 is 15.2 Å². The van der Waals surface area contributed by atoms with Crippen molar-refractivity contribution in [1.29, 1.82) is 0 Å². The van der Waals surface area contributed by atoms with Gasteiger partial charge in [0.15, 0.2) is 0 Å². The van der Waals surface area contributed by atoms with Gasteiger partial charge in [-0.05, 0) is 43.0 Å². The predicted octanol–water partition coefficient (Wildman–Crippen LogP) is 3.85. The third-order valence-electron chi connectivity index (χ3n) is 5.29. The Bertz CT molecular complexity index is 742. The molecular weight excluding hydrogens is 305 g/mol. The summed E-state index contributed by atoms with van der Waals surface area (Å²) in [6.45, 7) is 0.366. The first-order chi connectivity index (χ1) is 11.7. The highest BCUT2D eigenvalue weighted by molar-refractivity contribution is 5.39. The van der Waals surface area contributed by atoms with Crippen LogP contribution in [0.15, 0.2) is 42.5 Å². The van der Waals surface area contributed by atoms with Crippen LogP contribution in [0.25, 0.3) is 0 Å². The van der Waals surface area contributed by atoms with E-state index < -0.39 is 0 Å². The van der Waals surface area contributed by atoms with Crippen LogP contribution in [0.3, 0.4) is 0 Å². The molecule has 1 aliphatic carbocycles. The summed E-state index contributed by atoms with van der Waals surface area (Å²) < 4.78 is 19.8. The number of ether oxygens (including phenoxy) is 1. The molecule has 1 fully saturated rings. The summed E-state index contributed by atoms with van der Waals surface area (Å²) in [6, 6.07) is 13.4. The third-order valence-corrected chi connectivity index (χ3v) is 5.29. The van der Waals surface area contributed by atoms with Crippen LogP contribution in [-0.2, 0) is 13.2 Å². The van der Waals surface area contributed by atoms with Crippen molar-refractivity contribution in [3.05, 3.63) is 65.0 Å². The fourth-order valence-corrected chi connectivity index (χ4v) is 3.78. The molecule has 4 heteroatoms. The van der Waals surface area contributed by atoms with Crippen molar-refractivity contribution in [3.63, 3.8) is 0 Å². The molecule has 126 valence electrons. The quantitative estimate of drug-likeness (QED) is 0.896. The Morgan fingerprint density at radius 2 is 2.04 bits per heavy atom. The Labute approximate surface area is 141 Å². The normalized spacial score (nSPS) is 21.0. The minimum atomic E-state index is -0.355. The van der Waals surface area contributed by atoms with Gasteiger partial charge in [-0.1, -0.05) is 24.3 Å². The molecule has 1 heterocycles. The molecule has 0 radical (unpaired) electrons. The highest BCUT2D eigenvalue weighted by Gasteiger charge is 2.45. The minimum Gasteiger partial charge on any atom is -0.487 e. The molecular formula is C20H22FNO2. The first-order valence-electron chi connectivity index (χ1n) is 8.59. The molecule has 1 spiro atoms. The standard InChI is InChI=1S/C20H22FNO2/c21-17-7-6-14(10-15(17)13-23)12-22-18-11-20(8-3-9-20)24-19-5-2-1-4-16(18)19/h1-2,4-7,10,18,22-23H,3,8-9,11-13H2. The zero-order valence-corrected chi connectivity index (χ0v) is 13.6. The number of hydrogen-bond donors (Lipinski definition) is 2. The summed E-state index contributed by atoms with van der Waals surface area (Å²) in [6.07, 6.45) is 4.43. The number of halogens is 1. The van der Waals surface area contributed by atoms with Crippen molar-refractivity contribution in [2.45, 2.75) is 50.5 Å². The number of rotatable bonds is 4. The van der Waals surface area contributed by atoms with Crippen molar-refractivity contribution in [1.82, 2.24) is 5.32 Å². The van der Waals surface area contributed by atoms with Crippen LogP contribution in [-0.4, -0.2) is 10.7 Å². The lowest BCUT2D eigenvalue weighted by molar-refractivity contribution is -0.0371. The molecule has 2 N–H and O–H groups in total.